The summed E-state index contributed by atoms with van der Waals surface area (Å²) in [7, 11) is 0. The van der Waals surface area contributed by atoms with E-state index in [1.54, 1.807) is 0 Å². The Morgan fingerprint density at radius 3 is 2.29 bits per heavy atom. The molecular weight excluding hydrogens is 260 g/mol. The smallest absolute Gasteiger partial charge is 0.146 e. The molecule has 1 aliphatic heterocycles. The predicted molar refractivity (Wildman–Crippen MR) is 84.3 cm³/mol. The zero-order valence-corrected chi connectivity index (χ0v) is 13.0. The Labute approximate surface area is 127 Å². The van der Waals surface area contributed by atoms with Gasteiger partial charge in [-0.05, 0) is 37.2 Å². The van der Waals surface area contributed by atoms with Crippen LogP contribution in [0, 0.1) is 11.8 Å². The Morgan fingerprint density at radius 2 is 1.67 bits per heavy atom. The molecule has 2 heteroatoms. The van der Waals surface area contributed by atoms with Crippen LogP contribution >= 0.6 is 0 Å². The zero-order valence-electron chi connectivity index (χ0n) is 13.0. The number of Topliss-reactive ketones (excluding diaryl/α,β-unsaturated/α-hetero) is 1. The molecule has 2 nitrogen and oxygen atoms in total. The first-order valence-electron chi connectivity index (χ1n) is 8.40. The van der Waals surface area contributed by atoms with Gasteiger partial charge in [-0.3, -0.25) is 4.79 Å². The van der Waals surface area contributed by atoms with E-state index in [0.717, 1.165) is 31.6 Å². The number of rotatable bonds is 3. The second-order valence-corrected chi connectivity index (χ2v) is 6.88. The van der Waals surface area contributed by atoms with Crippen LogP contribution in [0.15, 0.2) is 30.3 Å². The average Bonchev–Trinajstić information content (AvgIpc) is 2.56. The molecule has 1 saturated carbocycles. The van der Waals surface area contributed by atoms with E-state index in [2.05, 4.69) is 31.2 Å². The Balaban J connectivity index is 1.87. The van der Waals surface area contributed by atoms with Crippen LogP contribution in [0.1, 0.15) is 51.0 Å². The topological polar surface area (TPSA) is 26.3 Å². The van der Waals surface area contributed by atoms with Crippen molar-refractivity contribution in [3.63, 3.8) is 0 Å². The van der Waals surface area contributed by atoms with Gasteiger partial charge >= 0.3 is 0 Å². The molecule has 2 aliphatic rings. The maximum atomic E-state index is 13.3. The van der Waals surface area contributed by atoms with Crippen LogP contribution < -0.4 is 0 Å². The number of carbonyl (C=O) groups excluding carboxylic acids is 1. The van der Waals surface area contributed by atoms with Crippen LogP contribution in [0.4, 0.5) is 0 Å². The summed E-state index contributed by atoms with van der Waals surface area (Å²) in [4.78, 5) is 13.3. The molecule has 1 aromatic carbocycles. The maximum absolute atomic E-state index is 13.3. The number of carbonyl (C=O) groups is 1. The van der Waals surface area contributed by atoms with Gasteiger partial charge in [-0.15, -0.1) is 0 Å². The maximum Gasteiger partial charge on any atom is 0.146 e. The molecule has 2 fully saturated rings. The summed E-state index contributed by atoms with van der Waals surface area (Å²) in [5.74, 6) is 1.54. The van der Waals surface area contributed by atoms with Crippen LogP contribution in [0.25, 0.3) is 0 Å². The lowest BCUT2D eigenvalue weighted by Gasteiger charge is -2.40. The molecule has 114 valence electrons. The molecule has 1 aliphatic carbocycles. The fourth-order valence-electron chi connectivity index (χ4n) is 4.07. The molecule has 0 spiro atoms. The molecule has 0 unspecified atom stereocenters. The van der Waals surface area contributed by atoms with Crippen molar-refractivity contribution in [2.75, 3.05) is 13.2 Å². The van der Waals surface area contributed by atoms with Gasteiger partial charge in [-0.1, -0.05) is 50.1 Å². The van der Waals surface area contributed by atoms with E-state index in [1.165, 1.54) is 18.4 Å². The quantitative estimate of drug-likeness (QED) is 0.835. The van der Waals surface area contributed by atoms with Gasteiger partial charge in [0, 0.05) is 19.1 Å². The van der Waals surface area contributed by atoms with Gasteiger partial charge in [0.15, 0.2) is 0 Å². The largest absolute Gasteiger partial charge is 0.381 e. The van der Waals surface area contributed by atoms with E-state index < -0.39 is 0 Å². The van der Waals surface area contributed by atoms with Crippen molar-refractivity contribution < 1.29 is 9.53 Å². The third-order valence-corrected chi connectivity index (χ3v) is 5.53. The van der Waals surface area contributed by atoms with Gasteiger partial charge in [0.1, 0.15) is 5.78 Å². The van der Waals surface area contributed by atoms with E-state index in [4.69, 9.17) is 4.74 Å². The van der Waals surface area contributed by atoms with E-state index in [-0.39, 0.29) is 11.3 Å². The highest BCUT2D eigenvalue weighted by molar-refractivity contribution is 5.92. The summed E-state index contributed by atoms with van der Waals surface area (Å²) in [6.07, 6.45) is 6.27. The predicted octanol–water partition coefficient (Wildman–Crippen LogP) is 4.13. The lowest BCUT2D eigenvalue weighted by atomic mass is 9.65. The molecule has 0 amide bonds. The summed E-state index contributed by atoms with van der Waals surface area (Å²) >= 11 is 0. The standard InChI is InChI=1S/C19H26O2/c1-15-7-9-16(10-8-15)18(20)19(11-13-21-14-12-19)17-5-3-2-4-6-17/h2-6,15-16H,7-14H2,1H3. The minimum absolute atomic E-state index is 0.263. The molecule has 0 radical (unpaired) electrons. The van der Waals surface area contributed by atoms with E-state index in [9.17, 15) is 4.79 Å². The summed E-state index contributed by atoms with van der Waals surface area (Å²) in [6.45, 7) is 3.73. The SMILES string of the molecule is CC1CCC(C(=O)C2(c3ccccc3)CCOCC2)CC1. The zero-order chi connectivity index (χ0) is 14.7. The number of ketones is 1. The average molecular weight is 286 g/mol. The normalized spacial score (nSPS) is 29.0. The molecular formula is C19H26O2. The summed E-state index contributed by atoms with van der Waals surface area (Å²) in [6, 6.07) is 10.4. The Hall–Kier alpha value is -1.15. The monoisotopic (exact) mass is 286 g/mol. The van der Waals surface area contributed by atoms with Crippen molar-refractivity contribution in [3.05, 3.63) is 35.9 Å². The second-order valence-electron chi connectivity index (χ2n) is 6.88. The van der Waals surface area contributed by atoms with Crippen molar-refractivity contribution in [1.29, 1.82) is 0 Å². The number of hydrogen-bond acceptors (Lipinski definition) is 2. The Morgan fingerprint density at radius 1 is 1.05 bits per heavy atom. The fraction of sp³-hybridized carbons (Fsp3) is 0.632. The van der Waals surface area contributed by atoms with Crippen molar-refractivity contribution in [1.82, 2.24) is 0 Å². The van der Waals surface area contributed by atoms with Crippen LogP contribution in [0.5, 0.6) is 0 Å². The van der Waals surface area contributed by atoms with E-state index in [1.807, 2.05) is 6.07 Å². The highest BCUT2D eigenvalue weighted by atomic mass is 16.5. The van der Waals surface area contributed by atoms with Crippen molar-refractivity contribution in [2.24, 2.45) is 11.8 Å². The van der Waals surface area contributed by atoms with Crippen LogP contribution in [-0.2, 0) is 14.9 Å². The number of hydrogen-bond donors (Lipinski definition) is 0. The molecule has 1 aromatic rings. The van der Waals surface area contributed by atoms with Crippen LogP contribution in [0.3, 0.4) is 0 Å². The molecule has 0 bridgehead atoms. The first-order chi connectivity index (χ1) is 10.2. The number of ether oxygens (including phenoxy) is 1. The summed E-state index contributed by atoms with van der Waals surface area (Å²) < 4.78 is 5.55. The van der Waals surface area contributed by atoms with Crippen LogP contribution in [-0.4, -0.2) is 19.0 Å². The summed E-state index contributed by atoms with van der Waals surface area (Å²) in [5, 5.41) is 0. The van der Waals surface area contributed by atoms with Gasteiger partial charge in [-0.2, -0.15) is 0 Å². The van der Waals surface area contributed by atoms with Gasteiger partial charge in [0.05, 0.1) is 5.41 Å². The fourth-order valence-corrected chi connectivity index (χ4v) is 4.07. The Bertz CT molecular complexity index is 466. The highest BCUT2D eigenvalue weighted by Gasteiger charge is 2.44. The lowest BCUT2D eigenvalue weighted by Crippen LogP contribution is -2.45. The molecule has 0 atom stereocenters. The first kappa shape index (κ1) is 14.8. The van der Waals surface area contributed by atoms with Gasteiger partial charge in [0.2, 0.25) is 0 Å². The minimum Gasteiger partial charge on any atom is -0.381 e. The second kappa shape index (κ2) is 6.31. The van der Waals surface area contributed by atoms with Crippen molar-refractivity contribution >= 4 is 5.78 Å². The van der Waals surface area contributed by atoms with E-state index >= 15 is 0 Å². The highest BCUT2D eigenvalue weighted by Crippen LogP contribution is 2.41. The third kappa shape index (κ3) is 2.91. The minimum atomic E-state index is -0.287. The molecule has 21 heavy (non-hydrogen) atoms. The lowest BCUT2D eigenvalue weighted by molar-refractivity contribution is -0.133. The van der Waals surface area contributed by atoms with E-state index in [0.29, 0.717) is 19.0 Å². The van der Waals surface area contributed by atoms with Gasteiger partial charge in [0.25, 0.3) is 0 Å². The third-order valence-electron chi connectivity index (χ3n) is 5.53. The first-order valence-corrected chi connectivity index (χ1v) is 8.40. The van der Waals surface area contributed by atoms with Crippen LogP contribution in [0.2, 0.25) is 0 Å². The van der Waals surface area contributed by atoms with Crippen molar-refractivity contribution in [3.8, 4) is 0 Å². The number of benzene rings is 1. The van der Waals surface area contributed by atoms with Gasteiger partial charge < -0.3 is 4.74 Å². The molecule has 1 saturated heterocycles. The molecule has 0 N–H and O–H groups in total. The molecule has 0 aromatic heterocycles. The van der Waals surface area contributed by atoms with Gasteiger partial charge in [-0.25, -0.2) is 0 Å². The Kier molecular flexibility index (Phi) is 4.44. The molecule has 1 heterocycles. The van der Waals surface area contributed by atoms with Crippen molar-refractivity contribution in [2.45, 2.75) is 50.9 Å². The molecule has 3 rings (SSSR count). The summed E-state index contributed by atoms with van der Waals surface area (Å²) in [5.41, 5.74) is 0.919.